The van der Waals surface area contributed by atoms with Crippen LogP contribution in [0.3, 0.4) is 0 Å². The summed E-state index contributed by atoms with van der Waals surface area (Å²) in [5.41, 5.74) is 0.338. The molecule has 2 aromatic rings. The highest BCUT2D eigenvalue weighted by Gasteiger charge is 2.25. The molecule has 0 aliphatic rings. The van der Waals surface area contributed by atoms with Crippen LogP contribution in [0, 0.1) is 12.7 Å². The molecule has 0 unspecified atom stereocenters. The van der Waals surface area contributed by atoms with Gasteiger partial charge in [-0.1, -0.05) is 17.7 Å². The molecule has 4 nitrogen and oxygen atoms in total. The lowest BCUT2D eigenvalue weighted by molar-refractivity contribution is 0.0844. The first-order valence-electron chi connectivity index (χ1n) is 6.38. The predicted octanol–water partition coefficient (Wildman–Crippen LogP) is 3.23. The van der Waals surface area contributed by atoms with Gasteiger partial charge in [0.15, 0.2) is 0 Å². The third-order valence-corrected chi connectivity index (χ3v) is 3.56. The van der Waals surface area contributed by atoms with E-state index in [0.29, 0.717) is 11.3 Å². The summed E-state index contributed by atoms with van der Waals surface area (Å²) in [6, 6.07) is 4.95. The number of rotatable bonds is 4. The van der Waals surface area contributed by atoms with E-state index in [-0.39, 0.29) is 10.6 Å². The van der Waals surface area contributed by atoms with Gasteiger partial charge in [-0.05, 0) is 32.0 Å². The Bertz CT molecular complexity index is 636. The number of hydrogen-bond donors (Lipinski definition) is 2. The van der Waals surface area contributed by atoms with E-state index in [1.807, 2.05) is 0 Å². The molecule has 0 fully saturated rings. The molecule has 0 saturated heterocycles. The molecule has 1 amide bonds. The number of nitrogens with one attached hydrogen (secondary N) is 1. The van der Waals surface area contributed by atoms with Crippen molar-refractivity contribution >= 4 is 17.5 Å². The molecule has 0 spiro atoms. The molecular formula is C15H15ClFNO3. The van der Waals surface area contributed by atoms with Crippen LogP contribution in [0.5, 0.6) is 0 Å². The van der Waals surface area contributed by atoms with Gasteiger partial charge in [0.25, 0.3) is 5.91 Å². The monoisotopic (exact) mass is 311 g/mol. The molecule has 0 aliphatic heterocycles. The summed E-state index contributed by atoms with van der Waals surface area (Å²) >= 11 is 5.90. The van der Waals surface area contributed by atoms with Gasteiger partial charge in [-0.3, -0.25) is 4.79 Å². The number of aliphatic hydroxyl groups is 1. The highest BCUT2D eigenvalue weighted by atomic mass is 35.5. The van der Waals surface area contributed by atoms with Crippen molar-refractivity contribution in [2.45, 2.75) is 26.0 Å². The summed E-state index contributed by atoms with van der Waals surface area (Å²) in [5, 5.41) is 12.9. The largest absolute Gasteiger partial charge is 0.469 e. The van der Waals surface area contributed by atoms with Crippen LogP contribution < -0.4 is 5.32 Å². The smallest absolute Gasteiger partial charge is 0.255 e. The van der Waals surface area contributed by atoms with Crippen molar-refractivity contribution in [1.82, 2.24) is 5.32 Å². The fourth-order valence-electron chi connectivity index (χ4n) is 2.03. The molecule has 0 radical (unpaired) electrons. The Labute approximate surface area is 126 Å². The number of carbonyl (C=O) groups excluding carboxylic acids is 1. The number of aliphatic hydroxyl groups excluding tert-OH is 1. The van der Waals surface area contributed by atoms with E-state index >= 15 is 0 Å². The van der Waals surface area contributed by atoms with E-state index in [4.69, 9.17) is 16.0 Å². The second-order valence-corrected chi connectivity index (χ2v) is 5.14. The highest BCUT2D eigenvalue weighted by Crippen LogP contribution is 2.28. The number of furan rings is 1. The lowest BCUT2D eigenvalue weighted by atomic mass is 10.0. The van der Waals surface area contributed by atoms with Crippen molar-refractivity contribution in [3.8, 4) is 0 Å². The van der Waals surface area contributed by atoms with Crippen molar-refractivity contribution in [3.05, 3.63) is 58.3 Å². The van der Waals surface area contributed by atoms with Crippen LogP contribution in [0.2, 0.25) is 5.02 Å². The third-order valence-electron chi connectivity index (χ3n) is 3.23. The van der Waals surface area contributed by atoms with Crippen LogP contribution >= 0.6 is 11.6 Å². The summed E-state index contributed by atoms with van der Waals surface area (Å²) in [5.74, 6) is -0.547. The van der Waals surface area contributed by atoms with E-state index in [1.54, 1.807) is 13.8 Å². The number of carbonyl (C=O) groups is 1. The van der Waals surface area contributed by atoms with Crippen molar-refractivity contribution in [3.63, 3.8) is 0 Å². The maximum Gasteiger partial charge on any atom is 0.255 e. The normalized spacial score (nSPS) is 13.8. The SMILES string of the molecule is Cc1occc1C(=O)N[C@H](C)[C@@H](O)c1c(F)cccc1Cl. The van der Waals surface area contributed by atoms with Crippen LogP contribution in [0.15, 0.2) is 34.9 Å². The van der Waals surface area contributed by atoms with Gasteiger partial charge in [0.1, 0.15) is 17.7 Å². The lowest BCUT2D eigenvalue weighted by Crippen LogP contribution is -2.37. The summed E-state index contributed by atoms with van der Waals surface area (Å²) < 4.78 is 18.8. The van der Waals surface area contributed by atoms with Crippen molar-refractivity contribution in [1.29, 1.82) is 0 Å². The van der Waals surface area contributed by atoms with Gasteiger partial charge in [-0.25, -0.2) is 4.39 Å². The van der Waals surface area contributed by atoms with Crippen LogP contribution in [0.25, 0.3) is 0 Å². The molecule has 21 heavy (non-hydrogen) atoms. The molecule has 2 rings (SSSR count). The van der Waals surface area contributed by atoms with Crippen molar-refractivity contribution in [2.75, 3.05) is 0 Å². The molecular weight excluding hydrogens is 297 g/mol. The molecule has 2 N–H and O–H groups in total. The van der Waals surface area contributed by atoms with Gasteiger partial charge >= 0.3 is 0 Å². The first-order chi connectivity index (χ1) is 9.91. The van der Waals surface area contributed by atoms with Gasteiger partial charge in [0.05, 0.1) is 17.9 Å². The van der Waals surface area contributed by atoms with Crippen molar-refractivity contribution in [2.24, 2.45) is 0 Å². The van der Waals surface area contributed by atoms with Gasteiger partial charge in [0.2, 0.25) is 0 Å². The maximum absolute atomic E-state index is 13.8. The number of benzene rings is 1. The highest BCUT2D eigenvalue weighted by molar-refractivity contribution is 6.31. The second-order valence-electron chi connectivity index (χ2n) is 4.73. The van der Waals surface area contributed by atoms with E-state index in [0.717, 1.165) is 0 Å². The molecule has 0 saturated carbocycles. The molecule has 1 aromatic carbocycles. The quantitative estimate of drug-likeness (QED) is 0.911. The second kappa shape index (κ2) is 6.28. The molecule has 0 bridgehead atoms. The first-order valence-corrected chi connectivity index (χ1v) is 6.76. The number of halogens is 2. The molecule has 112 valence electrons. The Hall–Kier alpha value is -1.85. The Morgan fingerprint density at radius 3 is 2.71 bits per heavy atom. The zero-order valence-electron chi connectivity index (χ0n) is 11.6. The topological polar surface area (TPSA) is 62.5 Å². The average Bonchev–Trinajstić information content (AvgIpc) is 2.84. The standard InChI is InChI=1S/C15H15ClFNO3/c1-8(18-15(20)10-6-7-21-9(10)2)14(19)13-11(16)4-3-5-12(13)17/h3-8,14,19H,1-2H3,(H,18,20)/t8-,14-/m1/s1. The summed E-state index contributed by atoms with van der Waals surface area (Å²) in [7, 11) is 0. The van der Waals surface area contributed by atoms with Crippen LogP contribution in [-0.2, 0) is 0 Å². The average molecular weight is 312 g/mol. The Morgan fingerprint density at radius 2 is 2.14 bits per heavy atom. The predicted molar refractivity (Wildman–Crippen MR) is 76.7 cm³/mol. The fourth-order valence-corrected chi connectivity index (χ4v) is 2.30. The van der Waals surface area contributed by atoms with E-state index in [1.165, 1.54) is 30.5 Å². The first kappa shape index (κ1) is 15.5. The molecule has 1 heterocycles. The van der Waals surface area contributed by atoms with Gasteiger partial charge in [0, 0.05) is 10.6 Å². The number of amides is 1. The molecule has 6 heteroatoms. The zero-order chi connectivity index (χ0) is 15.6. The summed E-state index contributed by atoms with van der Waals surface area (Å²) in [6.07, 6.45) is 0.147. The number of aryl methyl sites for hydroxylation is 1. The van der Waals surface area contributed by atoms with Gasteiger partial charge < -0.3 is 14.8 Å². The maximum atomic E-state index is 13.8. The van der Waals surface area contributed by atoms with Crippen LogP contribution in [0.1, 0.15) is 34.7 Å². The Balaban J connectivity index is 2.15. The van der Waals surface area contributed by atoms with Crippen LogP contribution in [0.4, 0.5) is 4.39 Å². The van der Waals surface area contributed by atoms with Gasteiger partial charge in [-0.15, -0.1) is 0 Å². The van der Waals surface area contributed by atoms with E-state index < -0.39 is 23.9 Å². The zero-order valence-corrected chi connectivity index (χ0v) is 12.3. The summed E-state index contributed by atoms with van der Waals surface area (Å²) in [6.45, 7) is 3.23. The van der Waals surface area contributed by atoms with E-state index in [2.05, 4.69) is 5.32 Å². The fraction of sp³-hybridized carbons (Fsp3) is 0.267. The van der Waals surface area contributed by atoms with Crippen LogP contribution in [-0.4, -0.2) is 17.1 Å². The minimum absolute atomic E-state index is 0.0316. The molecule has 1 aromatic heterocycles. The Morgan fingerprint density at radius 1 is 1.43 bits per heavy atom. The molecule has 0 aliphatic carbocycles. The minimum Gasteiger partial charge on any atom is -0.469 e. The lowest BCUT2D eigenvalue weighted by Gasteiger charge is -2.21. The Kier molecular flexibility index (Phi) is 4.65. The summed E-state index contributed by atoms with van der Waals surface area (Å²) in [4.78, 5) is 12.0. The third kappa shape index (κ3) is 3.25. The van der Waals surface area contributed by atoms with E-state index in [9.17, 15) is 14.3 Å². The number of hydrogen-bond acceptors (Lipinski definition) is 3. The molecule has 2 atom stereocenters. The minimum atomic E-state index is -1.25. The van der Waals surface area contributed by atoms with Crippen molar-refractivity contribution < 1.29 is 18.7 Å². The van der Waals surface area contributed by atoms with Gasteiger partial charge in [-0.2, -0.15) is 0 Å².